The molecule has 0 aliphatic heterocycles. The summed E-state index contributed by atoms with van der Waals surface area (Å²) in [6.45, 7) is 1.20. The molecule has 1 amide bonds. The maximum Gasteiger partial charge on any atom is 0.270 e. The van der Waals surface area contributed by atoms with Crippen molar-refractivity contribution in [2.24, 2.45) is 0 Å². The quantitative estimate of drug-likeness (QED) is 0.149. The molecule has 2 N–H and O–H groups in total. The van der Waals surface area contributed by atoms with Crippen molar-refractivity contribution in [2.75, 3.05) is 35.1 Å². The van der Waals surface area contributed by atoms with Crippen molar-refractivity contribution in [1.82, 2.24) is 9.97 Å². The van der Waals surface area contributed by atoms with Gasteiger partial charge in [0.25, 0.3) is 11.6 Å². The molecule has 0 saturated carbocycles. The summed E-state index contributed by atoms with van der Waals surface area (Å²) in [7, 11) is 0. The van der Waals surface area contributed by atoms with Crippen LogP contribution in [0.4, 0.5) is 17.1 Å². The first-order valence-corrected chi connectivity index (χ1v) is 12.1. The maximum atomic E-state index is 12.9. The van der Waals surface area contributed by atoms with Crippen LogP contribution in [-0.2, 0) is 0 Å². The van der Waals surface area contributed by atoms with E-state index in [4.69, 9.17) is 34.8 Å². The molecular weight excluding hydrogens is 513 g/mol. The minimum atomic E-state index is -0.458. The summed E-state index contributed by atoms with van der Waals surface area (Å²) in [5.41, 5.74) is 3.56. The molecule has 0 unspecified atom stereocenters. The number of hydrogen-bond acceptors (Lipinski definition) is 5. The van der Waals surface area contributed by atoms with E-state index in [1.807, 2.05) is 11.0 Å². The van der Waals surface area contributed by atoms with E-state index in [1.165, 1.54) is 12.1 Å². The minimum absolute atomic E-state index is 0.0267. The molecule has 180 valence electrons. The molecule has 0 saturated heterocycles. The molecule has 1 aromatic heterocycles. The number of H-pyrrole nitrogens is 1. The Morgan fingerprint density at radius 3 is 2.51 bits per heavy atom. The first kappa shape index (κ1) is 24.8. The summed E-state index contributed by atoms with van der Waals surface area (Å²) in [4.78, 5) is 33.1. The Morgan fingerprint density at radius 1 is 1.06 bits per heavy atom. The second kappa shape index (κ2) is 10.9. The average molecular weight is 533 g/mol. The Morgan fingerprint density at radius 2 is 1.83 bits per heavy atom. The van der Waals surface area contributed by atoms with Gasteiger partial charge in [-0.05, 0) is 36.4 Å². The van der Waals surface area contributed by atoms with Gasteiger partial charge in [0.05, 0.1) is 26.7 Å². The van der Waals surface area contributed by atoms with Crippen LogP contribution in [0.25, 0.3) is 22.4 Å². The zero-order chi connectivity index (χ0) is 24.9. The third-order valence-corrected chi connectivity index (χ3v) is 5.97. The van der Waals surface area contributed by atoms with Crippen LogP contribution in [0.1, 0.15) is 10.4 Å². The molecule has 3 aromatic carbocycles. The zero-order valence-electron chi connectivity index (χ0n) is 18.3. The Bertz CT molecular complexity index is 1390. The number of nitro groups is 1. The molecular formula is C24H20Cl3N5O3. The number of rotatable bonds is 9. The van der Waals surface area contributed by atoms with Crippen molar-refractivity contribution in [3.63, 3.8) is 0 Å². The van der Waals surface area contributed by atoms with Crippen LogP contribution in [0.2, 0.25) is 5.02 Å². The molecule has 0 fully saturated rings. The number of carbonyl (C=O) groups excluding carboxylic acids is 1. The van der Waals surface area contributed by atoms with Gasteiger partial charge in [0.2, 0.25) is 0 Å². The summed E-state index contributed by atoms with van der Waals surface area (Å²) in [5, 5.41) is 14.4. The molecule has 0 aliphatic rings. The Labute approximate surface area is 216 Å². The van der Waals surface area contributed by atoms with Crippen molar-refractivity contribution in [2.45, 2.75) is 0 Å². The van der Waals surface area contributed by atoms with Crippen molar-refractivity contribution in [3.8, 4) is 11.4 Å². The van der Waals surface area contributed by atoms with Gasteiger partial charge in [-0.2, -0.15) is 0 Å². The number of alkyl halides is 2. The number of fused-ring (bicyclic) bond motifs is 1. The molecule has 4 aromatic rings. The molecule has 1 heterocycles. The molecule has 11 heteroatoms. The Kier molecular flexibility index (Phi) is 7.75. The van der Waals surface area contributed by atoms with E-state index in [0.717, 1.165) is 5.69 Å². The standard InChI is InChI=1S/C24H20Cl3N5O3/c25-8-10-31(11-9-26)22-7-5-17(14-19(22)27)28-24(33)16-4-6-20-21(13-16)30-23(29-20)15-2-1-3-18(12-15)32(34)35/h1-7,12-14H,8-11H2,(H,28,33)(H,29,30). The van der Waals surface area contributed by atoms with Gasteiger partial charge < -0.3 is 15.2 Å². The number of halogens is 3. The van der Waals surface area contributed by atoms with E-state index in [-0.39, 0.29) is 11.6 Å². The molecule has 0 radical (unpaired) electrons. The lowest BCUT2D eigenvalue weighted by molar-refractivity contribution is -0.384. The zero-order valence-corrected chi connectivity index (χ0v) is 20.6. The third-order valence-electron chi connectivity index (χ3n) is 5.33. The van der Waals surface area contributed by atoms with E-state index in [0.29, 0.717) is 63.5 Å². The molecule has 8 nitrogen and oxygen atoms in total. The first-order valence-electron chi connectivity index (χ1n) is 10.6. The van der Waals surface area contributed by atoms with Gasteiger partial charge in [0, 0.05) is 53.8 Å². The summed E-state index contributed by atoms with van der Waals surface area (Å²) in [5.74, 6) is 1.03. The highest BCUT2D eigenvalue weighted by Crippen LogP contribution is 2.30. The van der Waals surface area contributed by atoms with Gasteiger partial charge in [0.15, 0.2) is 0 Å². The lowest BCUT2D eigenvalue weighted by Gasteiger charge is -2.24. The number of amides is 1. The summed E-state index contributed by atoms with van der Waals surface area (Å²) in [6.07, 6.45) is 0. The Hall–Kier alpha value is -3.33. The monoisotopic (exact) mass is 531 g/mol. The summed E-state index contributed by atoms with van der Waals surface area (Å²) in [6, 6.07) is 16.5. The van der Waals surface area contributed by atoms with Gasteiger partial charge in [-0.3, -0.25) is 14.9 Å². The number of benzene rings is 3. The predicted octanol–water partition coefficient (Wildman–Crippen LogP) is 6.33. The first-order chi connectivity index (χ1) is 16.9. The lowest BCUT2D eigenvalue weighted by atomic mass is 10.1. The summed E-state index contributed by atoms with van der Waals surface area (Å²) < 4.78 is 0. The molecule has 35 heavy (non-hydrogen) atoms. The number of carbonyl (C=O) groups is 1. The number of imidazole rings is 1. The van der Waals surface area contributed by atoms with E-state index in [1.54, 1.807) is 42.5 Å². The molecule has 0 spiro atoms. The number of anilines is 2. The predicted molar refractivity (Wildman–Crippen MR) is 141 cm³/mol. The van der Waals surface area contributed by atoms with Crippen molar-refractivity contribution >= 4 is 68.8 Å². The Balaban J connectivity index is 1.54. The van der Waals surface area contributed by atoms with E-state index >= 15 is 0 Å². The van der Waals surface area contributed by atoms with Crippen molar-refractivity contribution in [1.29, 1.82) is 0 Å². The second-order valence-corrected chi connectivity index (χ2v) is 8.77. The lowest BCUT2D eigenvalue weighted by Crippen LogP contribution is -2.27. The minimum Gasteiger partial charge on any atom is -0.368 e. The molecule has 0 aliphatic carbocycles. The topological polar surface area (TPSA) is 104 Å². The van der Waals surface area contributed by atoms with Crippen LogP contribution in [-0.4, -0.2) is 45.6 Å². The highest BCUT2D eigenvalue weighted by molar-refractivity contribution is 6.33. The van der Waals surface area contributed by atoms with Gasteiger partial charge in [-0.25, -0.2) is 4.98 Å². The van der Waals surface area contributed by atoms with E-state index in [9.17, 15) is 14.9 Å². The maximum absolute atomic E-state index is 12.9. The number of non-ortho nitro benzene ring substituents is 1. The van der Waals surface area contributed by atoms with Crippen LogP contribution >= 0.6 is 34.8 Å². The van der Waals surface area contributed by atoms with Crippen LogP contribution in [0, 0.1) is 10.1 Å². The highest BCUT2D eigenvalue weighted by atomic mass is 35.5. The fourth-order valence-electron chi connectivity index (χ4n) is 3.66. The normalized spacial score (nSPS) is 10.9. The van der Waals surface area contributed by atoms with Crippen LogP contribution in [0.5, 0.6) is 0 Å². The van der Waals surface area contributed by atoms with Crippen molar-refractivity contribution < 1.29 is 9.72 Å². The molecule has 4 rings (SSSR count). The second-order valence-electron chi connectivity index (χ2n) is 7.61. The number of nitrogens with one attached hydrogen (secondary N) is 2. The van der Waals surface area contributed by atoms with Crippen LogP contribution in [0.3, 0.4) is 0 Å². The number of nitro benzene ring substituents is 1. The van der Waals surface area contributed by atoms with E-state index < -0.39 is 4.92 Å². The van der Waals surface area contributed by atoms with Gasteiger partial charge >= 0.3 is 0 Å². The molecule has 0 atom stereocenters. The summed E-state index contributed by atoms with van der Waals surface area (Å²) >= 11 is 18.2. The number of aromatic amines is 1. The van der Waals surface area contributed by atoms with Crippen LogP contribution in [0.15, 0.2) is 60.7 Å². The number of hydrogen-bond donors (Lipinski definition) is 2. The van der Waals surface area contributed by atoms with E-state index in [2.05, 4.69) is 15.3 Å². The fourth-order valence-corrected chi connectivity index (χ4v) is 4.36. The van der Waals surface area contributed by atoms with Crippen LogP contribution < -0.4 is 10.2 Å². The van der Waals surface area contributed by atoms with Gasteiger partial charge in [-0.15, -0.1) is 23.2 Å². The fraction of sp³-hybridized carbons (Fsp3) is 0.167. The smallest absolute Gasteiger partial charge is 0.270 e. The van der Waals surface area contributed by atoms with Crippen molar-refractivity contribution in [3.05, 3.63) is 81.4 Å². The highest BCUT2D eigenvalue weighted by Gasteiger charge is 2.14. The number of nitrogens with zero attached hydrogens (tertiary/aromatic N) is 3. The number of aromatic nitrogens is 2. The molecule has 0 bridgehead atoms. The van der Waals surface area contributed by atoms with Gasteiger partial charge in [0.1, 0.15) is 5.82 Å². The largest absolute Gasteiger partial charge is 0.368 e. The van der Waals surface area contributed by atoms with Gasteiger partial charge in [-0.1, -0.05) is 23.7 Å². The average Bonchev–Trinajstić information content (AvgIpc) is 3.28. The SMILES string of the molecule is O=C(Nc1ccc(N(CCCl)CCCl)c(Cl)c1)c1ccc2nc(-c3cccc([N+](=O)[O-])c3)[nH]c2c1. The third kappa shape index (κ3) is 5.67.